The molecule has 1 aromatic rings. The summed E-state index contributed by atoms with van der Waals surface area (Å²) in [4.78, 5) is 24.7. The standard InChI is InChI=1S/C8H6ClNO3/c1-5-2-3-7(13-8(9)12)6(4-11)10-5/h2-4H,1H3. The average Bonchev–Trinajstić information content (AvgIpc) is 2.07. The van der Waals surface area contributed by atoms with E-state index in [1.165, 1.54) is 6.07 Å². The Balaban J connectivity index is 3.05. The molecular weight excluding hydrogens is 194 g/mol. The third-order valence-corrected chi connectivity index (χ3v) is 1.40. The van der Waals surface area contributed by atoms with Gasteiger partial charge in [-0.05, 0) is 19.1 Å². The van der Waals surface area contributed by atoms with E-state index in [-0.39, 0.29) is 11.4 Å². The van der Waals surface area contributed by atoms with Crippen LogP contribution in [0.1, 0.15) is 16.2 Å². The van der Waals surface area contributed by atoms with Gasteiger partial charge in [0.15, 0.2) is 12.0 Å². The van der Waals surface area contributed by atoms with Crippen LogP contribution in [0.2, 0.25) is 0 Å². The summed E-state index contributed by atoms with van der Waals surface area (Å²) < 4.78 is 4.52. The van der Waals surface area contributed by atoms with E-state index in [4.69, 9.17) is 11.6 Å². The summed E-state index contributed by atoms with van der Waals surface area (Å²) in [6, 6.07) is 3.08. The summed E-state index contributed by atoms with van der Waals surface area (Å²) in [7, 11) is 0. The fourth-order valence-electron chi connectivity index (χ4n) is 0.821. The van der Waals surface area contributed by atoms with Crippen LogP contribution >= 0.6 is 11.6 Å². The van der Waals surface area contributed by atoms with Crippen LogP contribution < -0.4 is 4.74 Å². The number of nitrogens with zero attached hydrogens (tertiary/aromatic N) is 1. The number of hydrogen-bond acceptors (Lipinski definition) is 4. The van der Waals surface area contributed by atoms with Crippen LogP contribution in [0.5, 0.6) is 5.75 Å². The number of aromatic nitrogens is 1. The lowest BCUT2D eigenvalue weighted by atomic mass is 10.3. The van der Waals surface area contributed by atoms with Crippen molar-refractivity contribution in [3.63, 3.8) is 0 Å². The topological polar surface area (TPSA) is 56.3 Å². The first-order valence-electron chi connectivity index (χ1n) is 3.43. The highest BCUT2D eigenvalue weighted by Crippen LogP contribution is 2.15. The molecule has 0 aliphatic carbocycles. The second-order valence-corrected chi connectivity index (χ2v) is 2.60. The van der Waals surface area contributed by atoms with Gasteiger partial charge in [-0.25, -0.2) is 9.78 Å². The number of halogens is 1. The highest BCUT2D eigenvalue weighted by Gasteiger charge is 2.07. The fourth-order valence-corrected chi connectivity index (χ4v) is 0.904. The summed E-state index contributed by atoms with van der Waals surface area (Å²) in [6.45, 7) is 1.72. The molecule has 0 aliphatic rings. The van der Waals surface area contributed by atoms with Crippen molar-refractivity contribution in [1.82, 2.24) is 4.98 Å². The molecule has 1 rings (SSSR count). The predicted octanol–water partition coefficient (Wildman–Crippen LogP) is 1.94. The van der Waals surface area contributed by atoms with Crippen LogP contribution in [0.4, 0.5) is 4.79 Å². The Hall–Kier alpha value is -1.42. The van der Waals surface area contributed by atoms with E-state index in [1.807, 2.05) is 0 Å². The van der Waals surface area contributed by atoms with Gasteiger partial charge in [0.2, 0.25) is 0 Å². The number of hydrogen-bond donors (Lipinski definition) is 0. The molecule has 68 valence electrons. The first kappa shape index (κ1) is 9.67. The minimum absolute atomic E-state index is 0.0639. The van der Waals surface area contributed by atoms with E-state index in [1.54, 1.807) is 13.0 Å². The number of aryl methyl sites for hydroxylation is 1. The van der Waals surface area contributed by atoms with Gasteiger partial charge in [0.25, 0.3) is 0 Å². The first-order valence-corrected chi connectivity index (χ1v) is 3.81. The molecule has 0 fully saturated rings. The molecule has 4 nitrogen and oxygen atoms in total. The van der Waals surface area contributed by atoms with E-state index in [0.717, 1.165) is 0 Å². The molecular formula is C8H6ClNO3. The van der Waals surface area contributed by atoms with Crippen molar-refractivity contribution in [3.05, 3.63) is 23.5 Å². The van der Waals surface area contributed by atoms with Crippen molar-refractivity contribution in [1.29, 1.82) is 0 Å². The molecule has 13 heavy (non-hydrogen) atoms. The third kappa shape index (κ3) is 2.52. The van der Waals surface area contributed by atoms with Crippen LogP contribution in [0.15, 0.2) is 12.1 Å². The van der Waals surface area contributed by atoms with Crippen LogP contribution in [0.25, 0.3) is 0 Å². The van der Waals surface area contributed by atoms with Gasteiger partial charge < -0.3 is 4.74 Å². The quantitative estimate of drug-likeness (QED) is 0.540. The van der Waals surface area contributed by atoms with E-state index < -0.39 is 5.43 Å². The minimum atomic E-state index is -0.992. The van der Waals surface area contributed by atoms with Crippen molar-refractivity contribution in [2.75, 3.05) is 0 Å². The highest BCUT2D eigenvalue weighted by molar-refractivity contribution is 6.61. The summed E-state index contributed by atoms with van der Waals surface area (Å²) >= 11 is 4.98. The summed E-state index contributed by atoms with van der Waals surface area (Å²) in [6.07, 6.45) is 0.502. The van der Waals surface area contributed by atoms with Gasteiger partial charge in [-0.3, -0.25) is 4.79 Å². The maximum Gasteiger partial charge on any atom is 0.409 e. The molecule has 0 saturated carbocycles. The molecule has 0 aliphatic heterocycles. The van der Waals surface area contributed by atoms with Crippen molar-refractivity contribution in [2.24, 2.45) is 0 Å². The lowest BCUT2D eigenvalue weighted by Gasteiger charge is -2.02. The van der Waals surface area contributed by atoms with Crippen molar-refractivity contribution in [3.8, 4) is 5.75 Å². The largest absolute Gasteiger partial charge is 0.412 e. The van der Waals surface area contributed by atoms with Gasteiger partial charge >= 0.3 is 5.43 Å². The molecule has 0 saturated heterocycles. The molecule has 0 amide bonds. The lowest BCUT2D eigenvalue weighted by molar-refractivity contribution is 0.111. The van der Waals surface area contributed by atoms with Crippen molar-refractivity contribution >= 4 is 23.3 Å². The normalized spacial score (nSPS) is 9.38. The lowest BCUT2D eigenvalue weighted by Crippen LogP contribution is -2.01. The highest BCUT2D eigenvalue weighted by atomic mass is 35.5. The second kappa shape index (κ2) is 4.00. The van der Waals surface area contributed by atoms with Crippen molar-refractivity contribution < 1.29 is 14.3 Å². The zero-order chi connectivity index (χ0) is 9.84. The maximum atomic E-state index is 10.5. The zero-order valence-corrected chi connectivity index (χ0v) is 7.54. The number of carbonyl (C=O) groups is 2. The average molecular weight is 200 g/mol. The molecule has 0 N–H and O–H groups in total. The third-order valence-electron chi connectivity index (χ3n) is 1.33. The summed E-state index contributed by atoms with van der Waals surface area (Å²) in [5, 5.41) is 0. The summed E-state index contributed by atoms with van der Waals surface area (Å²) in [5.41, 5.74) is -0.265. The minimum Gasteiger partial charge on any atom is -0.412 e. The molecule has 0 aromatic carbocycles. The maximum absolute atomic E-state index is 10.5. The predicted molar refractivity (Wildman–Crippen MR) is 46.2 cm³/mol. The van der Waals surface area contributed by atoms with Crippen LogP contribution in [0.3, 0.4) is 0 Å². The van der Waals surface area contributed by atoms with Gasteiger partial charge in [0, 0.05) is 17.3 Å². The van der Waals surface area contributed by atoms with Gasteiger partial charge in [-0.1, -0.05) is 0 Å². The number of pyridine rings is 1. The summed E-state index contributed by atoms with van der Waals surface area (Å²) in [5.74, 6) is 0.0700. The van der Waals surface area contributed by atoms with E-state index in [9.17, 15) is 9.59 Å². The molecule has 0 bridgehead atoms. The van der Waals surface area contributed by atoms with Gasteiger partial charge in [0.05, 0.1) is 0 Å². The zero-order valence-electron chi connectivity index (χ0n) is 6.78. The Bertz CT molecular complexity index is 351. The molecule has 0 spiro atoms. The van der Waals surface area contributed by atoms with Gasteiger partial charge in [-0.15, -0.1) is 0 Å². The smallest absolute Gasteiger partial charge is 0.409 e. The van der Waals surface area contributed by atoms with E-state index >= 15 is 0 Å². The second-order valence-electron chi connectivity index (χ2n) is 2.29. The number of carbonyl (C=O) groups excluding carboxylic acids is 2. The Morgan fingerprint density at radius 2 is 2.31 bits per heavy atom. The number of ether oxygens (including phenoxy) is 1. The van der Waals surface area contributed by atoms with Gasteiger partial charge in [0.1, 0.15) is 5.69 Å². The fraction of sp³-hybridized carbons (Fsp3) is 0.125. The molecule has 5 heteroatoms. The number of aldehydes is 1. The Labute approximate surface area is 79.5 Å². The Kier molecular flexibility index (Phi) is 2.97. The van der Waals surface area contributed by atoms with E-state index in [0.29, 0.717) is 12.0 Å². The first-order chi connectivity index (χ1) is 6.13. The van der Waals surface area contributed by atoms with Gasteiger partial charge in [-0.2, -0.15) is 0 Å². The Morgan fingerprint density at radius 1 is 1.62 bits per heavy atom. The van der Waals surface area contributed by atoms with Crippen LogP contribution in [-0.4, -0.2) is 16.7 Å². The molecule has 1 heterocycles. The van der Waals surface area contributed by atoms with Crippen LogP contribution in [-0.2, 0) is 0 Å². The molecule has 1 aromatic heterocycles. The molecule has 0 atom stereocenters. The SMILES string of the molecule is Cc1ccc(OC(=O)Cl)c(C=O)n1. The Morgan fingerprint density at radius 3 is 2.85 bits per heavy atom. The van der Waals surface area contributed by atoms with Crippen molar-refractivity contribution in [2.45, 2.75) is 6.92 Å². The van der Waals surface area contributed by atoms with Crippen LogP contribution in [0, 0.1) is 6.92 Å². The molecule has 0 unspecified atom stereocenters. The monoisotopic (exact) mass is 199 g/mol. The molecule has 0 radical (unpaired) electrons. The number of rotatable bonds is 2. The van der Waals surface area contributed by atoms with E-state index in [2.05, 4.69) is 9.72 Å².